The molecule has 0 saturated carbocycles. The maximum atomic E-state index is 12.1. The van der Waals surface area contributed by atoms with Crippen molar-refractivity contribution in [3.8, 4) is 34.1 Å². The van der Waals surface area contributed by atoms with Crippen LogP contribution in [0, 0.1) is 0 Å². The van der Waals surface area contributed by atoms with Gasteiger partial charge in [0, 0.05) is 6.07 Å². The number of carbonyl (C=O) groups excluding carboxylic acids is 1. The van der Waals surface area contributed by atoms with Crippen LogP contribution in [0.3, 0.4) is 0 Å². The van der Waals surface area contributed by atoms with Crippen molar-refractivity contribution >= 4 is 5.97 Å². The first-order valence-corrected chi connectivity index (χ1v) is 7.44. The van der Waals surface area contributed by atoms with E-state index < -0.39 is 11.4 Å². The number of benzene rings is 2. The van der Waals surface area contributed by atoms with E-state index in [1.165, 1.54) is 24.3 Å². The Bertz CT molecular complexity index is 736. The standard InChI is InChI=1S/C18H20O6/c1-4-24-17(23)18(2,3)11-7-14(21)16(15(22)8-11)10-5-12(19)9-13(20)6-10/h5-9,19-22H,4H2,1-3H3. The molecule has 6 nitrogen and oxygen atoms in total. The Hall–Kier alpha value is -2.89. The molecule has 6 heteroatoms. The number of hydrogen-bond donors (Lipinski definition) is 4. The number of hydrogen-bond acceptors (Lipinski definition) is 6. The summed E-state index contributed by atoms with van der Waals surface area (Å²) in [5.74, 6) is -1.47. The number of esters is 1. The first kappa shape index (κ1) is 17.5. The van der Waals surface area contributed by atoms with Gasteiger partial charge in [0.15, 0.2) is 0 Å². The summed E-state index contributed by atoms with van der Waals surface area (Å²) < 4.78 is 5.02. The summed E-state index contributed by atoms with van der Waals surface area (Å²) in [6.07, 6.45) is 0. The van der Waals surface area contributed by atoms with Crippen LogP contribution >= 0.6 is 0 Å². The van der Waals surface area contributed by atoms with E-state index in [1.54, 1.807) is 20.8 Å². The Balaban J connectivity index is 2.55. The fourth-order valence-corrected chi connectivity index (χ4v) is 2.44. The van der Waals surface area contributed by atoms with Crippen LogP contribution in [-0.4, -0.2) is 33.0 Å². The van der Waals surface area contributed by atoms with Gasteiger partial charge in [-0.15, -0.1) is 0 Å². The smallest absolute Gasteiger partial charge is 0.315 e. The summed E-state index contributed by atoms with van der Waals surface area (Å²) in [4.78, 5) is 12.1. The van der Waals surface area contributed by atoms with Crippen molar-refractivity contribution in [3.05, 3.63) is 35.9 Å². The van der Waals surface area contributed by atoms with Crippen LogP contribution in [0.2, 0.25) is 0 Å². The molecule has 0 aliphatic carbocycles. The molecule has 0 aromatic heterocycles. The van der Waals surface area contributed by atoms with E-state index >= 15 is 0 Å². The average molecular weight is 332 g/mol. The van der Waals surface area contributed by atoms with Crippen molar-refractivity contribution < 1.29 is 30.0 Å². The van der Waals surface area contributed by atoms with E-state index in [4.69, 9.17) is 4.74 Å². The lowest BCUT2D eigenvalue weighted by Crippen LogP contribution is -2.31. The van der Waals surface area contributed by atoms with Gasteiger partial charge >= 0.3 is 5.97 Å². The number of phenolic OH excluding ortho intramolecular Hbond substituents is 4. The second-order valence-electron chi connectivity index (χ2n) is 5.97. The minimum Gasteiger partial charge on any atom is -0.508 e. The van der Waals surface area contributed by atoms with Gasteiger partial charge in [-0.3, -0.25) is 4.79 Å². The predicted octanol–water partition coefficient (Wildman–Crippen LogP) is 3.02. The third kappa shape index (κ3) is 3.22. The van der Waals surface area contributed by atoms with Crippen LogP contribution < -0.4 is 0 Å². The van der Waals surface area contributed by atoms with Crippen molar-refractivity contribution in [2.45, 2.75) is 26.2 Å². The lowest BCUT2D eigenvalue weighted by molar-refractivity contribution is -0.148. The fourth-order valence-electron chi connectivity index (χ4n) is 2.44. The Kier molecular flexibility index (Phi) is 4.59. The maximum absolute atomic E-state index is 12.1. The highest BCUT2D eigenvalue weighted by Gasteiger charge is 2.33. The molecular weight excluding hydrogens is 312 g/mol. The quantitative estimate of drug-likeness (QED) is 0.641. The molecule has 0 bridgehead atoms. The van der Waals surface area contributed by atoms with Crippen LogP contribution in [0.4, 0.5) is 0 Å². The predicted molar refractivity (Wildman–Crippen MR) is 88.2 cm³/mol. The zero-order valence-corrected chi connectivity index (χ0v) is 13.7. The Morgan fingerprint density at radius 2 is 1.46 bits per heavy atom. The van der Waals surface area contributed by atoms with E-state index in [9.17, 15) is 25.2 Å². The highest BCUT2D eigenvalue weighted by molar-refractivity contribution is 5.85. The van der Waals surface area contributed by atoms with E-state index in [2.05, 4.69) is 0 Å². The maximum Gasteiger partial charge on any atom is 0.315 e. The summed E-state index contributed by atoms with van der Waals surface area (Å²) in [6.45, 7) is 5.17. The van der Waals surface area contributed by atoms with Crippen LogP contribution in [0.1, 0.15) is 26.3 Å². The molecular formula is C18H20O6. The molecule has 0 aliphatic heterocycles. The van der Waals surface area contributed by atoms with Crippen molar-refractivity contribution in [2.75, 3.05) is 6.61 Å². The molecule has 2 aromatic carbocycles. The number of phenols is 4. The van der Waals surface area contributed by atoms with Gasteiger partial charge in [-0.1, -0.05) is 0 Å². The van der Waals surface area contributed by atoms with Crippen molar-refractivity contribution in [3.63, 3.8) is 0 Å². The molecule has 24 heavy (non-hydrogen) atoms. The zero-order valence-electron chi connectivity index (χ0n) is 13.7. The zero-order chi connectivity index (χ0) is 18.1. The molecule has 0 fully saturated rings. The molecule has 0 saturated heterocycles. The van der Waals surface area contributed by atoms with Crippen molar-refractivity contribution in [1.82, 2.24) is 0 Å². The minimum atomic E-state index is -1.07. The molecule has 0 heterocycles. The summed E-state index contributed by atoms with van der Waals surface area (Å²) >= 11 is 0. The SMILES string of the molecule is CCOC(=O)C(C)(C)c1cc(O)c(-c2cc(O)cc(O)c2)c(O)c1. The van der Waals surface area contributed by atoms with Gasteiger partial charge in [0.25, 0.3) is 0 Å². The number of rotatable bonds is 4. The summed E-state index contributed by atoms with van der Waals surface area (Å²) in [5, 5.41) is 39.8. The van der Waals surface area contributed by atoms with Crippen molar-refractivity contribution in [1.29, 1.82) is 0 Å². The summed E-state index contributed by atoms with van der Waals surface area (Å²) in [5.41, 5.74) is -0.401. The summed E-state index contributed by atoms with van der Waals surface area (Å²) in [6, 6.07) is 6.44. The molecule has 0 aliphatic rings. The van der Waals surface area contributed by atoms with Gasteiger partial charge in [-0.25, -0.2) is 0 Å². The average Bonchev–Trinajstić information content (AvgIpc) is 2.45. The third-order valence-corrected chi connectivity index (χ3v) is 3.80. The monoisotopic (exact) mass is 332 g/mol. The molecule has 0 amide bonds. The lowest BCUT2D eigenvalue weighted by Gasteiger charge is -2.24. The van der Waals surface area contributed by atoms with Crippen LogP contribution in [0.25, 0.3) is 11.1 Å². The normalized spacial score (nSPS) is 11.3. The highest BCUT2D eigenvalue weighted by Crippen LogP contribution is 2.43. The van der Waals surface area contributed by atoms with Crippen molar-refractivity contribution in [2.24, 2.45) is 0 Å². The number of aromatic hydroxyl groups is 4. The van der Waals surface area contributed by atoms with Crippen LogP contribution in [0.15, 0.2) is 30.3 Å². The Morgan fingerprint density at radius 1 is 0.958 bits per heavy atom. The largest absolute Gasteiger partial charge is 0.508 e. The van der Waals surface area contributed by atoms with Gasteiger partial charge in [0.05, 0.1) is 17.6 Å². The molecule has 0 radical (unpaired) electrons. The molecule has 2 aromatic rings. The fraction of sp³-hybridized carbons (Fsp3) is 0.278. The van der Waals surface area contributed by atoms with Gasteiger partial charge in [0.2, 0.25) is 0 Å². The Morgan fingerprint density at radius 3 is 1.92 bits per heavy atom. The number of ether oxygens (including phenoxy) is 1. The number of carbonyl (C=O) groups is 1. The first-order valence-electron chi connectivity index (χ1n) is 7.44. The van der Waals surface area contributed by atoms with E-state index in [0.717, 1.165) is 6.07 Å². The molecule has 128 valence electrons. The minimum absolute atomic E-state index is 0.0459. The topological polar surface area (TPSA) is 107 Å². The molecule has 0 unspecified atom stereocenters. The first-order chi connectivity index (χ1) is 11.2. The van der Waals surface area contributed by atoms with Gasteiger partial charge in [0.1, 0.15) is 23.0 Å². The summed E-state index contributed by atoms with van der Waals surface area (Å²) in [7, 11) is 0. The van der Waals surface area contributed by atoms with Crippen LogP contribution in [0.5, 0.6) is 23.0 Å². The molecule has 2 rings (SSSR count). The second kappa shape index (κ2) is 6.31. The molecule has 0 atom stereocenters. The third-order valence-electron chi connectivity index (χ3n) is 3.80. The van der Waals surface area contributed by atoms with Gasteiger partial charge < -0.3 is 25.2 Å². The van der Waals surface area contributed by atoms with Gasteiger partial charge in [-0.2, -0.15) is 0 Å². The second-order valence-corrected chi connectivity index (χ2v) is 5.97. The molecule has 0 spiro atoms. The Labute approximate surface area is 139 Å². The highest BCUT2D eigenvalue weighted by atomic mass is 16.5. The van der Waals surface area contributed by atoms with E-state index in [1.807, 2.05) is 0 Å². The molecule has 4 N–H and O–H groups in total. The van der Waals surface area contributed by atoms with E-state index in [0.29, 0.717) is 5.56 Å². The van der Waals surface area contributed by atoms with Gasteiger partial charge in [-0.05, 0) is 56.2 Å². The lowest BCUT2D eigenvalue weighted by atomic mass is 9.83. The van der Waals surface area contributed by atoms with E-state index in [-0.39, 0.29) is 40.7 Å². The van der Waals surface area contributed by atoms with Crippen LogP contribution in [-0.2, 0) is 14.9 Å².